The Morgan fingerprint density at radius 3 is 2.84 bits per heavy atom. The van der Waals surface area contributed by atoms with Gasteiger partial charge in [0.15, 0.2) is 0 Å². The third kappa shape index (κ3) is 2.47. The average molecular weight is 250 g/mol. The molecular formula is C15H14N4. The van der Waals surface area contributed by atoms with Crippen molar-refractivity contribution in [1.29, 1.82) is 0 Å². The zero-order valence-electron chi connectivity index (χ0n) is 10.4. The lowest BCUT2D eigenvalue weighted by atomic mass is 10.2. The number of hydrogen-bond acceptors (Lipinski definition) is 4. The lowest BCUT2D eigenvalue weighted by Gasteiger charge is -2.09. The van der Waals surface area contributed by atoms with E-state index in [2.05, 4.69) is 15.5 Å². The van der Waals surface area contributed by atoms with E-state index in [0.29, 0.717) is 6.54 Å². The minimum atomic E-state index is 0.709. The van der Waals surface area contributed by atoms with Crippen molar-refractivity contribution < 1.29 is 0 Å². The number of aromatic nitrogens is 2. The van der Waals surface area contributed by atoms with Gasteiger partial charge in [-0.25, -0.2) is 0 Å². The molecule has 1 heterocycles. The van der Waals surface area contributed by atoms with Crippen molar-refractivity contribution in [2.45, 2.75) is 6.54 Å². The lowest BCUT2D eigenvalue weighted by molar-refractivity contribution is 1.06. The van der Waals surface area contributed by atoms with Gasteiger partial charge in [0.2, 0.25) is 0 Å². The standard InChI is InChI=1S/C15H14N4/c16-12-5-3-4-11(8-12)9-17-15-10-18-19-14-7-2-1-6-13(14)15/h1-8,10H,9,16H2,(H,17,19). The maximum atomic E-state index is 5.77. The summed E-state index contributed by atoms with van der Waals surface area (Å²) in [5.74, 6) is 0. The van der Waals surface area contributed by atoms with E-state index in [1.807, 2.05) is 48.5 Å². The van der Waals surface area contributed by atoms with Crippen LogP contribution < -0.4 is 11.1 Å². The minimum Gasteiger partial charge on any atom is -0.399 e. The summed E-state index contributed by atoms with van der Waals surface area (Å²) in [4.78, 5) is 0. The molecule has 3 aromatic rings. The molecule has 0 spiro atoms. The van der Waals surface area contributed by atoms with Crippen LogP contribution in [0.5, 0.6) is 0 Å². The van der Waals surface area contributed by atoms with Crippen molar-refractivity contribution in [3.8, 4) is 0 Å². The first kappa shape index (κ1) is 11.5. The van der Waals surface area contributed by atoms with Gasteiger partial charge in [-0.15, -0.1) is 0 Å². The van der Waals surface area contributed by atoms with E-state index in [4.69, 9.17) is 5.73 Å². The van der Waals surface area contributed by atoms with E-state index in [-0.39, 0.29) is 0 Å². The fraction of sp³-hybridized carbons (Fsp3) is 0.0667. The lowest BCUT2D eigenvalue weighted by Crippen LogP contribution is -2.01. The Morgan fingerprint density at radius 1 is 1.05 bits per heavy atom. The number of anilines is 2. The van der Waals surface area contributed by atoms with Crippen LogP contribution in [-0.2, 0) is 6.54 Å². The van der Waals surface area contributed by atoms with Crippen molar-refractivity contribution in [3.05, 3.63) is 60.3 Å². The largest absolute Gasteiger partial charge is 0.399 e. The van der Waals surface area contributed by atoms with Crippen molar-refractivity contribution in [2.75, 3.05) is 11.1 Å². The number of nitrogens with two attached hydrogens (primary N) is 1. The fourth-order valence-corrected chi connectivity index (χ4v) is 2.05. The highest BCUT2D eigenvalue weighted by Crippen LogP contribution is 2.20. The molecule has 1 aromatic heterocycles. The van der Waals surface area contributed by atoms with Crippen LogP contribution in [-0.4, -0.2) is 10.2 Å². The second-order valence-corrected chi connectivity index (χ2v) is 4.37. The molecule has 0 aliphatic carbocycles. The van der Waals surface area contributed by atoms with Crippen molar-refractivity contribution in [2.24, 2.45) is 0 Å². The summed E-state index contributed by atoms with van der Waals surface area (Å²) >= 11 is 0. The highest BCUT2D eigenvalue weighted by atomic mass is 15.1. The normalized spacial score (nSPS) is 10.5. The minimum absolute atomic E-state index is 0.709. The van der Waals surface area contributed by atoms with Crippen LogP contribution in [0.3, 0.4) is 0 Å². The second-order valence-electron chi connectivity index (χ2n) is 4.37. The molecule has 0 saturated heterocycles. The number of hydrogen-bond donors (Lipinski definition) is 2. The zero-order chi connectivity index (χ0) is 13.1. The molecule has 0 aliphatic rings. The molecule has 0 aliphatic heterocycles. The SMILES string of the molecule is Nc1cccc(CNc2cnnc3ccccc23)c1. The van der Waals surface area contributed by atoms with Crippen LogP contribution >= 0.6 is 0 Å². The fourth-order valence-electron chi connectivity index (χ4n) is 2.05. The van der Waals surface area contributed by atoms with Gasteiger partial charge in [-0.05, 0) is 23.8 Å². The summed E-state index contributed by atoms with van der Waals surface area (Å²) in [6, 6.07) is 15.8. The van der Waals surface area contributed by atoms with Crippen LogP contribution in [0.1, 0.15) is 5.56 Å². The molecular weight excluding hydrogens is 236 g/mol. The van der Waals surface area contributed by atoms with Gasteiger partial charge in [0.1, 0.15) is 0 Å². The predicted octanol–water partition coefficient (Wildman–Crippen LogP) is 2.82. The molecule has 0 fully saturated rings. The van der Waals surface area contributed by atoms with Crippen molar-refractivity contribution in [1.82, 2.24) is 10.2 Å². The van der Waals surface area contributed by atoms with Gasteiger partial charge in [-0.3, -0.25) is 0 Å². The molecule has 0 radical (unpaired) electrons. The summed E-state index contributed by atoms with van der Waals surface area (Å²) in [5, 5.41) is 12.6. The highest BCUT2D eigenvalue weighted by Gasteiger charge is 2.02. The number of nitrogens with one attached hydrogen (secondary N) is 1. The molecule has 0 bridgehead atoms. The quantitative estimate of drug-likeness (QED) is 0.702. The summed E-state index contributed by atoms with van der Waals surface area (Å²) in [6.07, 6.45) is 1.74. The van der Waals surface area contributed by atoms with Crippen LogP contribution in [0.4, 0.5) is 11.4 Å². The molecule has 94 valence electrons. The molecule has 2 aromatic carbocycles. The first-order valence-corrected chi connectivity index (χ1v) is 6.11. The summed E-state index contributed by atoms with van der Waals surface area (Å²) < 4.78 is 0. The van der Waals surface area contributed by atoms with Gasteiger partial charge < -0.3 is 11.1 Å². The molecule has 0 atom stereocenters. The molecule has 0 amide bonds. The molecule has 3 rings (SSSR count). The first-order chi connectivity index (χ1) is 9.33. The molecule has 4 heteroatoms. The van der Waals surface area contributed by atoms with Gasteiger partial charge in [0, 0.05) is 17.6 Å². The van der Waals surface area contributed by atoms with Crippen LogP contribution in [0.15, 0.2) is 54.7 Å². The molecule has 0 saturated carbocycles. The second kappa shape index (κ2) is 4.94. The van der Waals surface area contributed by atoms with Gasteiger partial charge >= 0.3 is 0 Å². The number of nitrogens with zero attached hydrogens (tertiary/aromatic N) is 2. The Labute approximate surface area is 111 Å². The number of rotatable bonds is 3. The zero-order valence-corrected chi connectivity index (χ0v) is 10.4. The van der Waals surface area contributed by atoms with Gasteiger partial charge in [0.05, 0.1) is 17.4 Å². The predicted molar refractivity (Wildman–Crippen MR) is 77.7 cm³/mol. The monoisotopic (exact) mass is 250 g/mol. The van der Waals surface area contributed by atoms with Gasteiger partial charge in [-0.1, -0.05) is 30.3 Å². The topological polar surface area (TPSA) is 63.8 Å². The summed E-state index contributed by atoms with van der Waals surface area (Å²) in [7, 11) is 0. The highest BCUT2D eigenvalue weighted by molar-refractivity contribution is 5.90. The number of fused-ring (bicyclic) bond motifs is 1. The summed E-state index contributed by atoms with van der Waals surface area (Å²) in [6.45, 7) is 0.709. The Morgan fingerprint density at radius 2 is 1.95 bits per heavy atom. The number of nitrogen functional groups attached to an aromatic ring is 1. The smallest absolute Gasteiger partial charge is 0.0950 e. The Bertz CT molecular complexity index is 704. The Hall–Kier alpha value is -2.62. The van der Waals surface area contributed by atoms with Crippen molar-refractivity contribution >= 4 is 22.3 Å². The van der Waals surface area contributed by atoms with Crippen LogP contribution in [0.2, 0.25) is 0 Å². The van der Waals surface area contributed by atoms with Gasteiger partial charge in [0.25, 0.3) is 0 Å². The van der Waals surface area contributed by atoms with E-state index in [1.165, 1.54) is 0 Å². The van der Waals surface area contributed by atoms with E-state index >= 15 is 0 Å². The van der Waals surface area contributed by atoms with E-state index < -0.39 is 0 Å². The van der Waals surface area contributed by atoms with E-state index in [0.717, 1.165) is 27.8 Å². The summed E-state index contributed by atoms with van der Waals surface area (Å²) in [5.41, 5.74) is 9.55. The van der Waals surface area contributed by atoms with E-state index in [9.17, 15) is 0 Å². The maximum Gasteiger partial charge on any atom is 0.0950 e. The Kier molecular flexibility index (Phi) is 2.98. The molecule has 0 unspecified atom stereocenters. The molecule has 4 nitrogen and oxygen atoms in total. The third-order valence-electron chi connectivity index (χ3n) is 2.98. The average Bonchev–Trinajstić information content (AvgIpc) is 2.45. The van der Waals surface area contributed by atoms with Crippen molar-refractivity contribution in [3.63, 3.8) is 0 Å². The van der Waals surface area contributed by atoms with Gasteiger partial charge in [-0.2, -0.15) is 10.2 Å². The third-order valence-corrected chi connectivity index (χ3v) is 2.98. The Balaban J connectivity index is 1.86. The molecule has 3 N–H and O–H groups in total. The van der Waals surface area contributed by atoms with E-state index in [1.54, 1.807) is 6.20 Å². The number of benzene rings is 2. The van der Waals surface area contributed by atoms with Crippen LogP contribution in [0.25, 0.3) is 10.9 Å². The van der Waals surface area contributed by atoms with Crippen LogP contribution in [0, 0.1) is 0 Å². The first-order valence-electron chi connectivity index (χ1n) is 6.11. The molecule has 19 heavy (non-hydrogen) atoms. The maximum absolute atomic E-state index is 5.77.